The van der Waals surface area contributed by atoms with Crippen LogP contribution in [0, 0.1) is 6.92 Å². The maximum atomic E-state index is 4.50. The van der Waals surface area contributed by atoms with Gasteiger partial charge in [-0.25, -0.2) is 9.97 Å². The Kier molecular flexibility index (Phi) is 4.78. The van der Waals surface area contributed by atoms with Gasteiger partial charge in [0, 0.05) is 26.2 Å². The van der Waals surface area contributed by atoms with Crippen LogP contribution in [0.5, 0.6) is 0 Å². The molecule has 1 aromatic carbocycles. The van der Waals surface area contributed by atoms with Gasteiger partial charge in [0.25, 0.3) is 0 Å². The predicted molar refractivity (Wildman–Crippen MR) is 89.0 cm³/mol. The molecule has 0 aliphatic rings. The molecule has 2 rings (SSSR count). The van der Waals surface area contributed by atoms with Gasteiger partial charge in [0.15, 0.2) is 0 Å². The minimum Gasteiger partial charge on any atom is -0.373 e. The lowest BCUT2D eigenvalue weighted by Gasteiger charge is -2.24. The standard InChI is InChI=1S/C17H24N4/c1-12(2)15-16(18-4)19-11-20-17(15)21(5)10-14-8-6-13(3)7-9-14/h6-9,11-12H,10H2,1-5H3,(H,18,19,20). The van der Waals surface area contributed by atoms with E-state index in [9.17, 15) is 0 Å². The molecule has 1 heterocycles. The molecule has 4 heteroatoms. The lowest BCUT2D eigenvalue weighted by molar-refractivity contribution is 0.810. The van der Waals surface area contributed by atoms with Crippen molar-refractivity contribution in [2.24, 2.45) is 0 Å². The summed E-state index contributed by atoms with van der Waals surface area (Å²) < 4.78 is 0. The summed E-state index contributed by atoms with van der Waals surface area (Å²) in [4.78, 5) is 11.0. The molecule has 0 saturated heterocycles. The molecule has 1 aromatic heterocycles. The Labute approximate surface area is 127 Å². The van der Waals surface area contributed by atoms with Gasteiger partial charge in [-0.05, 0) is 18.4 Å². The second-order valence-electron chi connectivity index (χ2n) is 5.71. The summed E-state index contributed by atoms with van der Waals surface area (Å²) in [5.41, 5.74) is 3.72. The second kappa shape index (κ2) is 6.57. The van der Waals surface area contributed by atoms with Gasteiger partial charge in [-0.1, -0.05) is 43.7 Å². The van der Waals surface area contributed by atoms with Crippen LogP contribution in [-0.2, 0) is 6.54 Å². The Hall–Kier alpha value is -2.10. The summed E-state index contributed by atoms with van der Waals surface area (Å²) in [7, 11) is 3.98. The van der Waals surface area contributed by atoms with E-state index in [1.165, 1.54) is 11.1 Å². The summed E-state index contributed by atoms with van der Waals surface area (Å²) in [6, 6.07) is 8.62. The van der Waals surface area contributed by atoms with E-state index in [1.54, 1.807) is 6.33 Å². The minimum absolute atomic E-state index is 0.365. The molecule has 0 amide bonds. The van der Waals surface area contributed by atoms with Crippen molar-refractivity contribution in [3.63, 3.8) is 0 Å². The zero-order chi connectivity index (χ0) is 15.4. The number of hydrogen-bond donors (Lipinski definition) is 1. The number of aromatic nitrogens is 2. The summed E-state index contributed by atoms with van der Waals surface area (Å²) in [5.74, 6) is 2.26. The first-order chi connectivity index (χ1) is 10.0. The maximum Gasteiger partial charge on any atom is 0.137 e. The van der Waals surface area contributed by atoms with Gasteiger partial charge in [0.1, 0.15) is 18.0 Å². The summed E-state index contributed by atoms with van der Waals surface area (Å²) in [5, 5.41) is 3.17. The van der Waals surface area contributed by atoms with Crippen LogP contribution in [0.25, 0.3) is 0 Å². The fourth-order valence-electron chi connectivity index (χ4n) is 2.46. The zero-order valence-electron chi connectivity index (χ0n) is 13.5. The number of nitrogens with one attached hydrogen (secondary N) is 1. The molecule has 112 valence electrons. The lowest BCUT2D eigenvalue weighted by atomic mass is 10.0. The summed E-state index contributed by atoms with van der Waals surface area (Å²) in [6.45, 7) is 7.28. The first kappa shape index (κ1) is 15.3. The van der Waals surface area contributed by atoms with E-state index in [1.807, 2.05) is 7.05 Å². The van der Waals surface area contributed by atoms with E-state index in [0.717, 1.165) is 23.7 Å². The van der Waals surface area contributed by atoms with E-state index in [2.05, 4.69) is 72.3 Å². The van der Waals surface area contributed by atoms with Crippen molar-refractivity contribution in [3.05, 3.63) is 47.3 Å². The number of hydrogen-bond acceptors (Lipinski definition) is 4. The molecule has 0 radical (unpaired) electrons. The Morgan fingerprint density at radius 2 is 1.81 bits per heavy atom. The van der Waals surface area contributed by atoms with Crippen LogP contribution in [0.15, 0.2) is 30.6 Å². The van der Waals surface area contributed by atoms with Gasteiger partial charge in [-0.3, -0.25) is 0 Å². The van der Waals surface area contributed by atoms with Crippen molar-refractivity contribution in [1.82, 2.24) is 9.97 Å². The highest BCUT2D eigenvalue weighted by atomic mass is 15.2. The molecule has 0 atom stereocenters. The lowest BCUT2D eigenvalue weighted by Crippen LogP contribution is -2.21. The number of aryl methyl sites for hydroxylation is 1. The number of anilines is 2. The average Bonchev–Trinajstić information content (AvgIpc) is 2.48. The Morgan fingerprint density at radius 1 is 1.14 bits per heavy atom. The molecule has 0 bridgehead atoms. The SMILES string of the molecule is CNc1ncnc(N(C)Cc2ccc(C)cc2)c1C(C)C. The molecule has 2 aromatic rings. The molecule has 0 aliphatic carbocycles. The van der Waals surface area contributed by atoms with Gasteiger partial charge in [-0.15, -0.1) is 0 Å². The fourth-order valence-corrected chi connectivity index (χ4v) is 2.46. The third-order valence-corrected chi connectivity index (χ3v) is 3.58. The van der Waals surface area contributed by atoms with Crippen LogP contribution in [0.1, 0.15) is 36.5 Å². The van der Waals surface area contributed by atoms with Gasteiger partial charge < -0.3 is 10.2 Å². The molecule has 1 N–H and O–H groups in total. The highest BCUT2D eigenvalue weighted by Gasteiger charge is 2.17. The van der Waals surface area contributed by atoms with Gasteiger partial charge in [0.2, 0.25) is 0 Å². The molecule has 0 fully saturated rings. The van der Waals surface area contributed by atoms with Gasteiger partial charge >= 0.3 is 0 Å². The van der Waals surface area contributed by atoms with Crippen LogP contribution < -0.4 is 10.2 Å². The van der Waals surface area contributed by atoms with Crippen LogP contribution in [0.3, 0.4) is 0 Å². The normalized spacial score (nSPS) is 10.8. The third-order valence-electron chi connectivity index (χ3n) is 3.58. The Bertz CT molecular complexity index is 590. The first-order valence-electron chi connectivity index (χ1n) is 7.32. The highest BCUT2D eigenvalue weighted by molar-refractivity contribution is 5.59. The van der Waals surface area contributed by atoms with E-state index in [-0.39, 0.29) is 0 Å². The number of nitrogens with zero attached hydrogens (tertiary/aromatic N) is 3. The minimum atomic E-state index is 0.365. The molecule has 0 unspecified atom stereocenters. The second-order valence-corrected chi connectivity index (χ2v) is 5.71. The van der Waals surface area contributed by atoms with Crippen LogP contribution >= 0.6 is 0 Å². The van der Waals surface area contributed by atoms with Gasteiger partial charge in [0.05, 0.1) is 0 Å². The molecule has 0 saturated carbocycles. The van der Waals surface area contributed by atoms with Crippen molar-refractivity contribution in [1.29, 1.82) is 0 Å². The Morgan fingerprint density at radius 3 is 2.38 bits per heavy atom. The van der Waals surface area contributed by atoms with Crippen molar-refractivity contribution >= 4 is 11.6 Å². The predicted octanol–water partition coefficient (Wildman–Crippen LogP) is 3.59. The third kappa shape index (κ3) is 3.51. The molecular weight excluding hydrogens is 260 g/mol. The quantitative estimate of drug-likeness (QED) is 0.911. The molecule has 0 aliphatic heterocycles. The molecule has 0 spiro atoms. The van der Waals surface area contributed by atoms with Crippen molar-refractivity contribution in [2.75, 3.05) is 24.3 Å². The van der Waals surface area contributed by atoms with Crippen LogP contribution in [0.2, 0.25) is 0 Å². The smallest absolute Gasteiger partial charge is 0.137 e. The van der Waals surface area contributed by atoms with Crippen molar-refractivity contribution < 1.29 is 0 Å². The van der Waals surface area contributed by atoms with Gasteiger partial charge in [-0.2, -0.15) is 0 Å². The van der Waals surface area contributed by atoms with Crippen LogP contribution in [-0.4, -0.2) is 24.1 Å². The van der Waals surface area contributed by atoms with Crippen molar-refractivity contribution in [2.45, 2.75) is 33.2 Å². The summed E-state index contributed by atoms with van der Waals surface area (Å²) >= 11 is 0. The van der Waals surface area contributed by atoms with E-state index in [0.29, 0.717) is 5.92 Å². The van der Waals surface area contributed by atoms with E-state index >= 15 is 0 Å². The fraction of sp³-hybridized carbons (Fsp3) is 0.412. The molecule has 21 heavy (non-hydrogen) atoms. The largest absolute Gasteiger partial charge is 0.373 e. The molecule has 4 nitrogen and oxygen atoms in total. The number of benzene rings is 1. The number of rotatable bonds is 5. The topological polar surface area (TPSA) is 41.1 Å². The highest BCUT2D eigenvalue weighted by Crippen LogP contribution is 2.30. The maximum absolute atomic E-state index is 4.50. The summed E-state index contributed by atoms with van der Waals surface area (Å²) in [6.07, 6.45) is 1.62. The monoisotopic (exact) mass is 284 g/mol. The van der Waals surface area contributed by atoms with Crippen LogP contribution in [0.4, 0.5) is 11.6 Å². The first-order valence-corrected chi connectivity index (χ1v) is 7.32. The Balaban J connectivity index is 2.30. The molecular formula is C17H24N4. The van der Waals surface area contributed by atoms with Crippen molar-refractivity contribution in [3.8, 4) is 0 Å². The average molecular weight is 284 g/mol. The van der Waals surface area contributed by atoms with E-state index < -0.39 is 0 Å². The van der Waals surface area contributed by atoms with E-state index in [4.69, 9.17) is 0 Å². The zero-order valence-corrected chi connectivity index (χ0v) is 13.5.